The number of hydrogen-bond donors (Lipinski definition) is 2. The zero-order valence-corrected chi connectivity index (χ0v) is 13.6. The summed E-state index contributed by atoms with van der Waals surface area (Å²) in [6.07, 6.45) is 3.13. The van der Waals surface area contributed by atoms with Gasteiger partial charge in [0.05, 0.1) is 12.1 Å². The fourth-order valence-corrected chi connectivity index (χ4v) is 2.18. The number of benzene rings is 1. The van der Waals surface area contributed by atoms with E-state index in [2.05, 4.69) is 15.5 Å². The van der Waals surface area contributed by atoms with E-state index >= 15 is 0 Å². The summed E-state index contributed by atoms with van der Waals surface area (Å²) >= 11 is 0. The lowest BCUT2D eigenvalue weighted by Crippen LogP contribution is -2.51. The summed E-state index contributed by atoms with van der Waals surface area (Å²) in [5, 5.41) is 10.8. The van der Waals surface area contributed by atoms with Crippen molar-refractivity contribution in [2.75, 3.05) is 0 Å². The second-order valence-electron chi connectivity index (χ2n) is 5.30. The molecule has 0 radical (unpaired) electrons. The van der Waals surface area contributed by atoms with Crippen LogP contribution in [0.15, 0.2) is 36.7 Å². The van der Waals surface area contributed by atoms with Crippen LogP contribution in [-0.2, 0) is 11.3 Å². The number of amides is 1. The van der Waals surface area contributed by atoms with Gasteiger partial charge < -0.3 is 11.1 Å². The number of carbonyl (C=O) groups excluding carboxylic acids is 1. The molecule has 0 aliphatic heterocycles. The number of rotatable bonds is 6. The summed E-state index contributed by atoms with van der Waals surface area (Å²) in [6.45, 7) is 4.04. The zero-order chi connectivity index (χ0) is 15.3. The lowest BCUT2D eigenvalue weighted by Gasteiger charge is -2.22. The normalized spacial score (nSPS) is 13.0. The maximum atomic E-state index is 12.1. The van der Waals surface area contributed by atoms with Crippen molar-refractivity contribution in [3.8, 4) is 5.69 Å². The van der Waals surface area contributed by atoms with Crippen molar-refractivity contribution < 1.29 is 4.79 Å². The van der Waals surface area contributed by atoms with Crippen LogP contribution in [0.3, 0.4) is 0 Å². The Morgan fingerprint density at radius 2 is 2.05 bits per heavy atom. The minimum absolute atomic E-state index is 0. The molecule has 1 heterocycles. The van der Waals surface area contributed by atoms with Gasteiger partial charge in [-0.2, -0.15) is 0 Å². The van der Waals surface area contributed by atoms with Crippen molar-refractivity contribution in [2.24, 2.45) is 5.73 Å². The van der Waals surface area contributed by atoms with Crippen LogP contribution in [0.5, 0.6) is 0 Å². The van der Waals surface area contributed by atoms with Gasteiger partial charge in [-0.25, -0.2) is 0 Å². The second kappa shape index (κ2) is 7.91. The van der Waals surface area contributed by atoms with E-state index in [1.54, 1.807) is 13.3 Å². The van der Waals surface area contributed by atoms with E-state index in [1.165, 1.54) is 0 Å². The molecular formula is C15H22ClN5O. The highest BCUT2D eigenvalue weighted by molar-refractivity contribution is 5.85. The van der Waals surface area contributed by atoms with Gasteiger partial charge in [0.15, 0.2) is 5.82 Å². The van der Waals surface area contributed by atoms with Gasteiger partial charge in [-0.05, 0) is 25.5 Å². The van der Waals surface area contributed by atoms with Gasteiger partial charge in [0.25, 0.3) is 0 Å². The number of halogens is 1. The summed E-state index contributed by atoms with van der Waals surface area (Å²) < 4.78 is 1.84. The Morgan fingerprint density at radius 3 is 2.68 bits per heavy atom. The van der Waals surface area contributed by atoms with Crippen molar-refractivity contribution in [3.05, 3.63) is 42.5 Å². The summed E-state index contributed by atoms with van der Waals surface area (Å²) in [5.74, 6) is 0.494. The maximum Gasteiger partial charge on any atom is 0.240 e. The molecule has 7 heteroatoms. The minimum atomic E-state index is -0.855. The largest absolute Gasteiger partial charge is 0.347 e. The number of nitrogens with one attached hydrogen (secondary N) is 1. The van der Waals surface area contributed by atoms with Crippen LogP contribution < -0.4 is 11.1 Å². The highest BCUT2D eigenvalue weighted by Crippen LogP contribution is 2.11. The van der Waals surface area contributed by atoms with Crippen molar-refractivity contribution >= 4 is 18.3 Å². The number of carbonyl (C=O) groups is 1. The fourth-order valence-electron chi connectivity index (χ4n) is 2.18. The standard InChI is InChI=1S/C15H21N5O.ClH/c1-3-9-15(2,16)14(21)17-10-13-19-18-11-20(13)12-7-5-4-6-8-12;/h4-8,11H,3,9-10,16H2,1-2H3,(H,17,21);1H. The fraction of sp³-hybridized carbons (Fsp3) is 0.400. The van der Waals surface area contributed by atoms with Crippen LogP contribution in [-0.4, -0.2) is 26.2 Å². The molecule has 1 unspecified atom stereocenters. The maximum absolute atomic E-state index is 12.1. The van der Waals surface area contributed by atoms with Gasteiger partial charge in [-0.1, -0.05) is 31.5 Å². The smallest absolute Gasteiger partial charge is 0.240 e. The molecule has 0 saturated heterocycles. The number of aromatic nitrogens is 3. The van der Waals surface area contributed by atoms with Crippen molar-refractivity contribution in [1.82, 2.24) is 20.1 Å². The Balaban J connectivity index is 0.00000242. The van der Waals surface area contributed by atoms with E-state index in [9.17, 15) is 4.79 Å². The lowest BCUT2D eigenvalue weighted by molar-refractivity contribution is -0.126. The topological polar surface area (TPSA) is 85.8 Å². The van der Waals surface area contributed by atoms with Crippen LogP contribution in [0.25, 0.3) is 5.69 Å². The predicted octanol–water partition coefficient (Wildman–Crippen LogP) is 1.82. The Bertz CT molecular complexity index is 597. The van der Waals surface area contributed by atoms with E-state index in [1.807, 2.05) is 41.8 Å². The average Bonchev–Trinajstić information content (AvgIpc) is 2.94. The third-order valence-corrected chi connectivity index (χ3v) is 3.35. The van der Waals surface area contributed by atoms with Gasteiger partial charge in [-0.15, -0.1) is 22.6 Å². The minimum Gasteiger partial charge on any atom is -0.347 e. The molecule has 3 N–H and O–H groups in total. The molecule has 1 aromatic carbocycles. The molecule has 2 aromatic rings. The molecule has 1 amide bonds. The molecule has 0 bridgehead atoms. The summed E-state index contributed by atoms with van der Waals surface area (Å²) in [6, 6.07) is 9.74. The summed E-state index contributed by atoms with van der Waals surface area (Å²) in [5.41, 5.74) is 6.10. The molecule has 1 aromatic heterocycles. The molecule has 6 nitrogen and oxygen atoms in total. The van der Waals surface area contributed by atoms with E-state index < -0.39 is 5.54 Å². The van der Waals surface area contributed by atoms with Crippen molar-refractivity contribution in [2.45, 2.75) is 38.8 Å². The third kappa shape index (κ3) is 4.29. The van der Waals surface area contributed by atoms with Crippen molar-refractivity contribution in [3.63, 3.8) is 0 Å². The van der Waals surface area contributed by atoms with E-state index in [4.69, 9.17) is 5.73 Å². The first-order chi connectivity index (χ1) is 10.0. The highest BCUT2D eigenvalue weighted by atomic mass is 35.5. The van der Waals surface area contributed by atoms with Crippen LogP contribution in [0.2, 0.25) is 0 Å². The molecule has 1 atom stereocenters. The molecule has 0 aliphatic carbocycles. The van der Waals surface area contributed by atoms with Crippen LogP contribution in [0.4, 0.5) is 0 Å². The molecule has 0 aliphatic rings. The van der Waals surface area contributed by atoms with Crippen LogP contribution in [0, 0.1) is 0 Å². The van der Waals surface area contributed by atoms with Crippen molar-refractivity contribution in [1.29, 1.82) is 0 Å². The van der Waals surface area contributed by atoms with Gasteiger partial charge in [0.1, 0.15) is 6.33 Å². The Morgan fingerprint density at radius 1 is 1.36 bits per heavy atom. The molecule has 22 heavy (non-hydrogen) atoms. The van der Waals surface area contributed by atoms with E-state index in [0.717, 1.165) is 12.1 Å². The van der Waals surface area contributed by atoms with E-state index in [-0.39, 0.29) is 18.3 Å². The van der Waals surface area contributed by atoms with Gasteiger partial charge in [-0.3, -0.25) is 9.36 Å². The van der Waals surface area contributed by atoms with Gasteiger partial charge in [0, 0.05) is 5.69 Å². The number of nitrogens with two attached hydrogens (primary N) is 1. The number of para-hydroxylation sites is 1. The van der Waals surface area contributed by atoms with E-state index in [0.29, 0.717) is 18.8 Å². The molecule has 2 rings (SSSR count). The molecule has 0 spiro atoms. The number of hydrogen-bond acceptors (Lipinski definition) is 4. The molecule has 0 fully saturated rings. The SMILES string of the molecule is CCCC(C)(N)C(=O)NCc1nncn1-c1ccccc1.Cl. The Labute approximate surface area is 136 Å². The first-order valence-electron chi connectivity index (χ1n) is 7.06. The van der Waals surface area contributed by atoms with Gasteiger partial charge in [0.2, 0.25) is 5.91 Å². The first kappa shape index (κ1) is 18.1. The number of nitrogens with zero attached hydrogens (tertiary/aromatic N) is 3. The molecular weight excluding hydrogens is 302 g/mol. The quantitative estimate of drug-likeness (QED) is 0.849. The molecule has 120 valence electrons. The van der Waals surface area contributed by atoms with Crippen LogP contribution >= 0.6 is 12.4 Å². The highest BCUT2D eigenvalue weighted by Gasteiger charge is 2.27. The lowest BCUT2D eigenvalue weighted by atomic mass is 9.96. The summed E-state index contributed by atoms with van der Waals surface area (Å²) in [7, 11) is 0. The predicted molar refractivity (Wildman–Crippen MR) is 88.0 cm³/mol. The molecule has 0 saturated carbocycles. The van der Waals surface area contributed by atoms with Gasteiger partial charge >= 0.3 is 0 Å². The second-order valence-corrected chi connectivity index (χ2v) is 5.30. The first-order valence-corrected chi connectivity index (χ1v) is 7.06. The van der Waals surface area contributed by atoms with Crippen LogP contribution in [0.1, 0.15) is 32.5 Å². The Kier molecular flexibility index (Phi) is 6.52. The third-order valence-electron chi connectivity index (χ3n) is 3.35. The monoisotopic (exact) mass is 323 g/mol. The Hall–Kier alpha value is -1.92. The summed E-state index contributed by atoms with van der Waals surface area (Å²) in [4.78, 5) is 12.1. The zero-order valence-electron chi connectivity index (χ0n) is 12.8. The average molecular weight is 324 g/mol.